The molecule has 0 saturated carbocycles. The lowest BCUT2D eigenvalue weighted by molar-refractivity contribution is -0.140. The van der Waals surface area contributed by atoms with Crippen molar-refractivity contribution in [2.24, 2.45) is 0 Å². The van der Waals surface area contributed by atoms with E-state index in [0.29, 0.717) is 13.2 Å². The summed E-state index contributed by atoms with van der Waals surface area (Å²) in [7, 11) is 0. The number of esters is 2. The van der Waals surface area contributed by atoms with E-state index in [1.165, 1.54) is 24.8 Å². The fraction of sp³-hybridized carbons (Fsp3) is 0.500. The molecule has 1 rings (SSSR count). The van der Waals surface area contributed by atoms with Gasteiger partial charge in [-0.05, 0) is 24.8 Å². The van der Waals surface area contributed by atoms with Crippen molar-refractivity contribution in [3.05, 3.63) is 48.0 Å². The smallest absolute Gasteiger partial charge is 0.331 e. The molecular formula is C20H28O4. The van der Waals surface area contributed by atoms with Gasteiger partial charge in [0, 0.05) is 12.2 Å². The largest absolute Gasteiger partial charge is 0.463 e. The Morgan fingerprint density at radius 1 is 0.833 bits per heavy atom. The molecule has 0 aliphatic heterocycles. The minimum absolute atomic E-state index is 0.338. The van der Waals surface area contributed by atoms with E-state index in [0.717, 1.165) is 37.8 Å². The standard InChI is InChI=1S/C20H28O4/c1-2-3-4-5-9-16-23-19(21)14-15-20(22)24-17-10-13-18-11-7-6-8-12-18/h6-8,11-12,14-15H,2-5,9-10,13,16-17H2,1H3/b15-14+. The Morgan fingerprint density at radius 3 is 2.04 bits per heavy atom. The van der Waals surface area contributed by atoms with Crippen molar-refractivity contribution in [2.75, 3.05) is 13.2 Å². The van der Waals surface area contributed by atoms with Crippen LogP contribution >= 0.6 is 0 Å². The molecule has 0 aliphatic rings. The van der Waals surface area contributed by atoms with Gasteiger partial charge in [-0.1, -0.05) is 62.9 Å². The summed E-state index contributed by atoms with van der Waals surface area (Å²) in [5, 5.41) is 0. The maximum absolute atomic E-state index is 11.5. The molecule has 0 spiro atoms. The second-order valence-corrected chi connectivity index (χ2v) is 5.67. The number of hydrogen-bond acceptors (Lipinski definition) is 4. The van der Waals surface area contributed by atoms with Crippen molar-refractivity contribution < 1.29 is 19.1 Å². The van der Waals surface area contributed by atoms with Crippen molar-refractivity contribution in [3.63, 3.8) is 0 Å². The number of carbonyl (C=O) groups is 2. The molecule has 1 aromatic rings. The molecule has 24 heavy (non-hydrogen) atoms. The van der Waals surface area contributed by atoms with Gasteiger partial charge in [0.2, 0.25) is 0 Å². The van der Waals surface area contributed by atoms with Crippen LogP contribution in [0.5, 0.6) is 0 Å². The lowest BCUT2D eigenvalue weighted by atomic mass is 10.1. The third-order valence-corrected chi connectivity index (χ3v) is 3.54. The van der Waals surface area contributed by atoms with E-state index in [9.17, 15) is 9.59 Å². The van der Waals surface area contributed by atoms with Gasteiger partial charge in [-0.25, -0.2) is 9.59 Å². The Bertz CT molecular complexity index is 494. The predicted octanol–water partition coefficient (Wildman–Crippen LogP) is 4.23. The number of carbonyl (C=O) groups excluding carboxylic acids is 2. The summed E-state index contributed by atoms with van der Waals surface area (Å²) >= 11 is 0. The predicted molar refractivity (Wildman–Crippen MR) is 94.6 cm³/mol. The van der Waals surface area contributed by atoms with Crippen LogP contribution in [-0.4, -0.2) is 25.2 Å². The first-order valence-corrected chi connectivity index (χ1v) is 8.78. The highest BCUT2D eigenvalue weighted by molar-refractivity contribution is 5.91. The van der Waals surface area contributed by atoms with Gasteiger partial charge in [-0.2, -0.15) is 0 Å². The lowest BCUT2D eigenvalue weighted by Gasteiger charge is -2.03. The van der Waals surface area contributed by atoms with Crippen molar-refractivity contribution in [3.8, 4) is 0 Å². The van der Waals surface area contributed by atoms with Crippen LogP contribution in [0.4, 0.5) is 0 Å². The Labute approximate surface area is 144 Å². The fourth-order valence-electron chi connectivity index (χ4n) is 2.20. The highest BCUT2D eigenvalue weighted by atomic mass is 16.5. The molecule has 0 N–H and O–H groups in total. The van der Waals surface area contributed by atoms with Crippen LogP contribution in [0.25, 0.3) is 0 Å². The van der Waals surface area contributed by atoms with Gasteiger partial charge >= 0.3 is 11.9 Å². The Kier molecular flexibility index (Phi) is 11.1. The van der Waals surface area contributed by atoms with Crippen LogP contribution in [0.1, 0.15) is 51.0 Å². The highest BCUT2D eigenvalue weighted by Crippen LogP contribution is 2.03. The van der Waals surface area contributed by atoms with Crippen molar-refractivity contribution in [2.45, 2.75) is 51.9 Å². The van der Waals surface area contributed by atoms with Crippen LogP contribution in [0, 0.1) is 0 Å². The molecule has 0 saturated heterocycles. The van der Waals surface area contributed by atoms with Gasteiger partial charge in [0.1, 0.15) is 0 Å². The maximum atomic E-state index is 11.5. The first-order valence-electron chi connectivity index (χ1n) is 8.78. The van der Waals surface area contributed by atoms with Gasteiger partial charge in [0.15, 0.2) is 0 Å². The van der Waals surface area contributed by atoms with E-state index in [1.54, 1.807) is 0 Å². The molecule has 4 nitrogen and oxygen atoms in total. The molecule has 1 aromatic carbocycles. The van der Waals surface area contributed by atoms with Crippen LogP contribution in [0.2, 0.25) is 0 Å². The number of aryl methyl sites for hydroxylation is 1. The van der Waals surface area contributed by atoms with E-state index < -0.39 is 11.9 Å². The van der Waals surface area contributed by atoms with Gasteiger partial charge in [0.05, 0.1) is 13.2 Å². The zero-order valence-corrected chi connectivity index (χ0v) is 14.5. The van der Waals surface area contributed by atoms with E-state index >= 15 is 0 Å². The first kappa shape index (κ1) is 19.9. The number of unbranched alkanes of at least 4 members (excludes halogenated alkanes) is 4. The number of ether oxygens (including phenoxy) is 2. The topological polar surface area (TPSA) is 52.6 Å². The van der Waals surface area contributed by atoms with Gasteiger partial charge in [-0.15, -0.1) is 0 Å². The molecule has 4 heteroatoms. The van der Waals surface area contributed by atoms with Crippen molar-refractivity contribution in [1.82, 2.24) is 0 Å². The molecule has 0 aliphatic carbocycles. The second-order valence-electron chi connectivity index (χ2n) is 5.67. The van der Waals surface area contributed by atoms with Gasteiger partial charge < -0.3 is 9.47 Å². The Hall–Kier alpha value is -2.10. The monoisotopic (exact) mass is 332 g/mol. The minimum atomic E-state index is -0.511. The van der Waals surface area contributed by atoms with Gasteiger partial charge in [0.25, 0.3) is 0 Å². The average molecular weight is 332 g/mol. The molecule has 0 bridgehead atoms. The maximum Gasteiger partial charge on any atom is 0.331 e. The quantitative estimate of drug-likeness (QED) is 0.326. The molecule has 0 atom stereocenters. The summed E-state index contributed by atoms with van der Waals surface area (Å²) in [6.07, 6.45) is 9.37. The van der Waals surface area contributed by atoms with E-state index in [4.69, 9.17) is 9.47 Å². The summed E-state index contributed by atoms with van der Waals surface area (Å²) in [5.74, 6) is -1.00. The van der Waals surface area contributed by atoms with Crippen LogP contribution < -0.4 is 0 Å². The van der Waals surface area contributed by atoms with Crippen molar-refractivity contribution >= 4 is 11.9 Å². The molecule has 132 valence electrons. The van der Waals surface area contributed by atoms with Crippen LogP contribution in [-0.2, 0) is 25.5 Å². The Balaban J connectivity index is 2.04. The second kappa shape index (κ2) is 13.3. The molecule has 0 aromatic heterocycles. The van der Waals surface area contributed by atoms with E-state index in [-0.39, 0.29) is 0 Å². The zero-order valence-electron chi connectivity index (χ0n) is 14.5. The van der Waals surface area contributed by atoms with Gasteiger partial charge in [-0.3, -0.25) is 0 Å². The van der Waals surface area contributed by atoms with E-state index in [2.05, 4.69) is 6.92 Å². The SMILES string of the molecule is CCCCCCCOC(=O)/C=C/C(=O)OCCCc1ccccc1. The summed E-state index contributed by atoms with van der Waals surface area (Å²) in [6.45, 7) is 2.90. The summed E-state index contributed by atoms with van der Waals surface area (Å²) in [4.78, 5) is 22.9. The van der Waals surface area contributed by atoms with Crippen LogP contribution in [0.3, 0.4) is 0 Å². The molecule has 0 fully saturated rings. The Morgan fingerprint density at radius 2 is 1.42 bits per heavy atom. The normalized spacial score (nSPS) is 10.7. The van der Waals surface area contributed by atoms with Crippen LogP contribution in [0.15, 0.2) is 42.5 Å². The number of rotatable bonds is 12. The summed E-state index contributed by atoms with van der Waals surface area (Å²) in [6, 6.07) is 10.0. The minimum Gasteiger partial charge on any atom is -0.463 e. The molecular weight excluding hydrogens is 304 g/mol. The highest BCUT2D eigenvalue weighted by Gasteiger charge is 2.01. The first-order chi connectivity index (χ1) is 11.7. The lowest BCUT2D eigenvalue weighted by Crippen LogP contribution is -2.06. The summed E-state index contributed by atoms with van der Waals surface area (Å²) in [5.41, 5.74) is 1.21. The third-order valence-electron chi connectivity index (χ3n) is 3.54. The summed E-state index contributed by atoms with van der Waals surface area (Å²) < 4.78 is 10.1. The molecule has 0 unspecified atom stereocenters. The zero-order chi connectivity index (χ0) is 17.5. The molecule has 0 radical (unpaired) electrons. The average Bonchev–Trinajstić information content (AvgIpc) is 2.61. The molecule has 0 heterocycles. The fourth-order valence-corrected chi connectivity index (χ4v) is 2.20. The number of hydrogen-bond donors (Lipinski definition) is 0. The van der Waals surface area contributed by atoms with Crippen molar-refractivity contribution in [1.29, 1.82) is 0 Å². The number of benzene rings is 1. The molecule has 0 amide bonds. The third kappa shape index (κ3) is 10.6. The van der Waals surface area contributed by atoms with E-state index in [1.807, 2.05) is 30.3 Å².